The maximum atomic E-state index is 13.3. The lowest BCUT2D eigenvalue weighted by Crippen LogP contribution is -2.14. The van der Waals surface area contributed by atoms with Crippen molar-refractivity contribution in [1.82, 2.24) is 4.98 Å². The van der Waals surface area contributed by atoms with Crippen LogP contribution >= 0.6 is 11.6 Å². The second-order valence-electron chi connectivity index (χ2n) is 7.69. The van der Waals surface area contributed by atoms with E-state index in [2.05, 4.69) is 10.3 Å². The third-order valence-corrected chi connectivity index (χ3v) is 6.58. The van der Waals surface area contributed by atoms with Crippen LogP contribution in [-0.2, 0) is 9.84 Å². The number of anilines is 1. The predicted octanol–water partition coefficient (Wildman–Crippen LogP) is 6.03. The maximum Gasteiger partial charge on any atom is 0.256 e. The van der Waals surface area contributed by atoms with Gasteiger partial charge in [0.15, 0.2) is 9.84 Å². The van der Waals surface area contributed by atoms with Gasteiger partial charge in [-0.2, -0.15) is 0 Å². The zero-order chi connectivity index (χ0) is 23.6. The fourth-order valence-corrected chi connectivity index (χ4v) is 4.37. The van der Waals surface area contributed by atoms with Crippen molar-refractivity contribution in [3.8, 4) is 22.4 Å². The molecule has 0 spiro atoms. The van der Waals surface area contributed by atoms with E-state index in [0.717, 1.165) is 23.1 Å². The Kier molecular flexibility index (Phi) is 6.31. The third kappa shape index (κ3) is 5.13. The lowest BCUT2D eigenvalue weighted by atomic mass is 9.95. The molecule has 33 heavy (non-hydrogen) atoms. The molecule has 0 saturated heterocycles. The highest BCUT2D eigenvalue weighted by Crippen LogP contribution is 2.32. The smallest absolute Gasteiger partial charge is 0.256 e. The number of amides is 1. The van der Waals surface area contributed by atoms with E-state index in [0.29, 0.717) is 27.4 Å². The van der Waals surface area contributed by atoms with Crippen molar-refractivity contribution in [3.05, 3.63) is 101 Å². The van der Waals surface area contributed by atoms with E-state index in [9.17, 15) is 13.2 Å². The summed E-state index contributed by atoms with van der Waals surface area (Å²) in [5.41, 5.74) is 4.67. The van der Waals surface area contributed by atoms with Crippen LogP contribution in [0, 0.1) is 6.92 Å². The topological polar surface area (TPSA) is 76.1 Å². The molecule has 1 heterocycles. The van der Waals surface area contributed by atoms with E-state index in [1.807, 2.05) is 49.4 Å². The Hall–Kier alpha value is -3.48. The average molecular weight is 477 g/mol. The van der Waals surface area contributed by atoms with Crippen molar-refractivity contribution in [3.63, 3.8) is 0 Å². The molecule has 0 aliphatic heterocycles. The zero-order valence-electron chi connectivity index (χ0n) is 18.0. The molecule has 7 heteroatoms. The van der Waals surface area contributed by atoms with Crippen LogP contribution in [0.25, 0.3) is 22.4 Å². The van der Waals surface area contributed by atoms with Gasteiger partial charge in [-0.3, -0.25) is 9.78 Å². The van der Waals surface area contributed by atoms with Gasteiger partial charge in [0.1, 0.15) is 0 Å². The van der Waals surface area contributed by atoms with Gasteiger partial charge in [-0.1, -0.05) is 35.9 Å². The molecule has 1 N–H and O–H groups in total. The summed E-state index contributed by atoms with van der Waals surface area (Å²) in [6.07, 6.45) is 2.85. The zero-order valence-corrected chi connectivity index (χ0v) is 19.6. The summed E-state index contributed by atoms with van der Waals surface area (Å²) in [5, 5.41) is 3.42. The van der Waals surface area contributed by atoms with Gasteiger partial charge in [-0.15, -0.1) is 0 Å². The molecule has 0 radical (unpaired) electrons. The molecule has 4 aromatic rings. The first-order chi connectivity index (χ1) is 15.7. The second kappa shape index (κ2) is 9.17. The van der Waals surface area contributed by atoms with Crippen LogP contribution in [0.1, 0.15) is 15.9 Å². The standard InChI is InChI=1S/C26H21ClN2O3S/c1-17-9-10-19(27)15-23(17)24-16-21(33(2,31)32)11-12-22(24)26(30)29-20-7-5-6-18(14-20)25-8-3-4-13-28-25/h3-16H,1-2H3,(H,29,30). The number of carbonyl (C=O) groups excluding carboxylic acids is 1. The first kappa shape index (κ1) is 22.7. The minimum Gasteiger partial charge on any atom is -0.322 e. The number of benzene rings is 3. The number of hydrogen-bond acceptors (Lipinski definition) is 4. The van der Waals surface area contributed by atoms with Gasteiger partial charge >= 0.3 is 0 Å². The third-order valence-electron chi connectivity index (χ3n) is 5.23. The van der Waals surface area contributed by atoms with Gasteiger partial charge < -0.3 is 5.32 Å². The van der Waals surface area contributed by atoms with Crippen molar-refractivity contribution in [2.24, 2.45) is 0 Å². The van der Waals surface area contributed by atoms with Crippen LogP contribution in [0.15, 0.2) is 90.0 Å². The molecule has 4 rings (SSSR count). The van der Waals surface area contributed by atoms with E-state index < -0.39 is 9.84 Å². The first-order valence-corrected chi connectivity index (χ1v) is 12.4. The SMILES string of the molecule is Cc1ccc(Cl)cc1-c1cc(S(C)(=O)=O)ccc1C(=O)Nc1cccc(-c2ccccn2)c1. The minimum atomic E-state index is -3.47. The summed E-state index contributed by atoms with van der Waals surface area (Å²) in [5.74, 6) is -0.359. The van der Waals surface area contributed by atoms with Crippen LogP contribution < -0.4 is 5.32 Å². The van der Waals surface area contributed by atoms with Gasteiger partial charge in [0.25, 0.3) is 5.91 Å². The number of rotatable bonds is 5. The van der Waals surface area contributed by atoms with Gasteiger partial charge in [-0.05, 0) is 78.2 Å². The first-order valence-electron chi connectivity index (χ1n) is 10.2. The molecule has 1 amide bonds. The highest BCUT2D eigenvalue weighted by atomic mass is 35.5. The Balaban J connectivity index is 1.76. The number of pyridine rings is 1. The molecule has 0 aliphatic rings. The molecule has 0 unspecified atom stereocenters. The fraction of sp³-hybridized carbons (Fsp3) is 0.0769. The molecular weight excluding hydrogens is 456 g/mol. The van der Waals surface area contributed by atoms with E-state index >= 15 is 0 Å². The molecule has 0 aliphatic carbocycles. The Morgan fingerprint density at radius 3 is 2.45 bits per heavy atom. The summed E-state index contributed by atoms with van der Waals surface area (Å²) >= 11 is 6.21. The number of sulfone groups is 1. The summed E-state index contributed by atoms with van der Waals surface area (Å²) in [4.78, 5) is 17.8. The van der Waals surface area contributed by atoms with Gasteiger partial charge in [0.05, 0.1) is 10.6 Å². The molecule has 5 nitrogen and oxygen atoms in total. The molecule has 3 aromatic carbocycles. The normalized spacial score (nSPS) is 11.2. The number of nitrogens with zero attached hydrogens (tertiary/aromatic N) is 1. The molecule has 0 atom stereocenters. The predicted molar refractivity (Wildman–Crippen MR) is 132 cm³/mol. The number of hydrogen-bond donors (Lipinski definition) is 1. The maximum absolute atomic E-state index is 13.3. The second-order valence-corrected chi connectivity index (χ2v) is 10.1. The summed E-state index contributed by atoms with van der Waals surface area (Å²) in [6.45, 7) is 1.89. The number of halogens is 1. The molecular formula is C26H21ClN2O3S. The molecule has 1 aromatic heterocycles. The summed E-state index contributed by atoms with van der Waals surface area (Å²) < 4.78 is 24.4. The van der Waals surface area contributed by atoms with Gasteiger partial charge in [0.2, 0.25) is 0 Å². The Morgan fingerprint density at radius 2 is 1.73 bits per heavy atom. The highest BCUT2D eigenvalue weighted by Gasteiger charge is 2.19. The Bertz CT molecular complexity index is 1450. The minimum absolute atomic E-state index is 0.130. The van der Waals surface area contributed by atoms with Crippen molar-refractivity contribution >= 4 is 33.0 Å². The van der Waals surface area contributed by atoms with Crippen LogP contribution in [0.2, 0.25) is 5.02 Å². The van der Waals surface area contributed by atoms with Crippen molar-refractivity contribution < 1.29 is 13.2 Å². The number of carbonyl (C=O) groups is 1. The molecule has 0 bridgehead atoms. The van der Waals surface area contributed by atoms with E-state index in [1.54, 1.807) is 24.4 Å². The van der Waals surface area contributed by atoms with Crippen LogP contribution in [-0.4, -0.2) is 25.6 Å². The fourth-order valence-electron chi connectivity index (χ4n) is 3.55. The molecule has 0 fully saturated rings. The Morgan fingerprint density at radius 1 is 0.909 bits per heavy atom. The van der Waals surface area contributed by atoms with Crippen LogP contribution in [0.5, 0.6) is 0 Å². The summed E-state index contributed by atoms with van der Waals surface area (Å²) in [6, 6.07) is 22.8. The van der Waals surface area contributed by atoms with E-state index in [1.165, 1.54) is 18.2 Å². The Labute approximate surface area is 198 Å². The van der Waals surface area contributed by atoms with E-state index in [-0.39, 0.29) is 10.8 Å². The van der Waals surface area contributed by atoms with E-state index in [4.69, 9.17) is 11.6 Å². The molecule has 0 saturated carbocycles. The van der Waals surface area contributed by atoms with Crippen molar-refractivity contribution in [2.45, 2.75) is 11.8 Å². The van der Waals surface area contributed by atoms with Crippen LogP contribution in [0.4, 0.5) is 5.69 Å². The van der Waals surface area contributed by atoms with Crippen molar-refractivity contribution in [2.75, 3.05) is 11.6 Å². The number of aryl methyl sites for hydroxylation is 1. The monoisotopic (exact) mass is 476 g/mol. The number of nitrogens with one attached hydrogen (secondary N) is 1. The van der Waals surface area contributed by atoms with Crippen LogP contribution in [0.3, 0.4) is 0 Å². The van der Waals surface area contributed by atoms with Gasteiger partial charge in [-0.25, -0.2) is 8.42 Å². The summed E-state index contributed by atoms with van der Waals surface area (Å²) in [7, 11) is -3.47. The lowest BCUT2D eigenvalue weighted by molar-refractivity contribution is 0.102. The molecule has 166 valence electrons. The van der Waals surface area contributed by atoms with Crippen molar-refractivity contribution in [1.29, 1.82) is 0 Å². The largest absolute Gasteiger partial charge is 0.322 e. The number of aromatic nitrogens is 1. The highest BCUT2D eigenvalue weighted by molar-refractivity contribution is 7.90. The lowest BCUT2D eigenvalue weighted by Gasteiger charge is -2.15. The average Bonchev–Trinajstić information content (AvgIpc) is 2.80. The van der Waals surface area contributed by atoms with Gasteiger partial charge in [0, 0.05) is 34.3 Å². The quantitative estimate of drug-likeness (QED) is 0.381.